The molecule has 1 amide bonds. The molecule has 4 nitrogen and oxygen atoms in total. The number of ether oxygens (including phenoxy) is 1. The Bertz CT molecular complexity index is 592. The van der Waals surface area contributed by atoms with Gasteiger partial charge in [0, 0.05) is 11.6 Å². The topological polar surface area (TPSA) is 46.6 Å². The van der Waals surface area contributed by atoms with Crippen molar-refractivity contribution in [3.63, 3.8) is 0 Å². The Balaban J connectivity index is 2.09. The Morgan fingerprint density at radius 3 is 2.36 bits per heavy atom. The molecule has 1 saturated carbocycles. The predicted molar refractivity (Wildman–Crippen MR) is 76.7 cm³/mol. The summed E-state index contributed by atoms with van der Waals surface area (Å²) in [5.74, 6) is -2.54. The standard InChI is InChI=1S/C16H19F2NO3/c1-16(2,3)22-15(21)19(11-5-6-11)9-14(20)10-4-7-12(17)13(18)8-10/h4,7-8,11H,5-6,9H2,1-3H3. The highest BCUT2D eigenvalue weighted by atomic mass is 19.2. The molecule has 1 aromatic rings. The molecule has 0 aliphatic heterocycles. The van der Waals surface area contributed by atoms with E-state index in [1.165, 1.54) is 11.0 Å². The number of carbonyl (C=O) groups excluding carboxylic acids is 2. The van der Waals surface area contributed by atoms with Gasteiger partial charge >= 0.3 is 6.09 Å². The number of ketones is 1. The summed E-state index contributed by atoms with van der Waals surface area (Å²) in [5, 5.41) is 0. The number of carbonyl (C=O) groups is 2. The largest absolute Gasteiger partial charge is 0.444 e. The van der Waals surface area contributed by atoms with E-state index < -0.39 is 29.1 Å². The lowest BCUT2D eigenvalue weighted by Crippen LogP contribution is -2.41. The molecule has 0 radical (unpaired) electrons. The van der Waals surface area contributed by atoms with E-state index >= 15 is 0 Å². The first-order chi connectivity index (χ1) is 10.2. The van der Waals surface area contributed by atoms with Crippen LogP contribution in [0.15, 0.2) is 18.2 Å². The molecule has 1 aliphatic rings. The third-order valence-corrected chi connectivity index (χ3v) is 3.17. The monoisotopic (exact) mass is 311 g/mol. The van der Waals surface area contributed by atoms with Crippen LogP contribution in [-0.2, 0) is 4.74 Å². The zero-order chi connectivity index (χ0) is 16.5. The SMILES string of the molecule is CC(C)(C)OC(=O)N(CC(=O)c1ccc(F)c(F)c1)C1CC1. The molecule has 1 aromatic carbocycles. The van der Waals surface area contributed by atoms with Gasteiger partial charge in [-0.1, -0.05) is 0 Å². The maximum atomic E-state index is 13.2. The summed E-state index contributed by atoms with van der Waals surface area (Å²) < 4.78 is 31.4. The first kappa shape index (κ1) is 16.4. The van der Waals surface area contributed by atoms with Crippen LogP contribution in [0, 0.1) is 11.6 Å². The second-order valence-corrected chi connectivity index (χ2v) is 6.39. The average molecular weight is 311 g/mol. The van der Waals surface area contributed by atoms with Crippen LogP contribution in [0.25, 0.3) is 0 Å². The lowest BCUT2D eigenvalue weighted by atomic mass is 10.1. The Hall–Kier alpha value is -1.98. The van der Waals surface area contributed by atoms with Gasteiger partial charge in [0.05, 0.1) is 6.54 Å². The fourth-order valence-corrected chi connectivity index (χ4v) is 1.97. The highest BCUT2D eigenvalue weighted by Crippen LogP contribution is 2.28. The Morgan fingerprint density at radius 2 is 1.86 bits per heavy atom. The van der Waals surface area contributed by atoms with Crippen LogP contribution in [-0.4, -0.2) is 35.0 Å². The number of nitrogens with zero attached hydrogens (tertiary/aromatic N) is 1. The van der Waals surface area contributed by atoms with E-state index in [0.717, 1.165) is 25.0 Å². The van der Waals surface area contributed by atoms with Gasteiger partial charge in [-0.05, 0) is 51.8 Å². The van der Waals surface area contributed by atoms with Crippen LogP contribution in [0.1, 0.15) is 44.0 Å². The highest BCUT2D eigenvalue weighted by molar-refractivity contribution is 5.99. The Kier molecular flexibility index (Phi) is 4.49. The number of Topliss-reactive ketones (excluding diaryl/α,β-unsaturated/α-hetero) is 1. The summed E-state index contributed by atoms with van der Waals surface area (Å²) >= 11 is 0. The number of halogens is 2. The van der Waals surface area contributed by atoms with Gasteiger partial charge in [-0.3, -0.25) is 9.69 Å². The van der Waals surface area contributed by atoms with Gasteiger partial charge < -0.3 is 4.74 Å². The van der Waals surface area contributed by atoms with E-state index in [2.05, 4.69) is 0 Å². The fraction of sp³-hybridized carbons (Fsp3) is 0.500. The molecule has 1 aliphatic carbocycles. The summed E-state index contributed by atoms with van der Waals surface area (Å²) in [4.78, 5) is 25.7. The van der Waals surface area contributed by atoms with E-state index in [1.54, 1.807) is 20.8 Å². The molecule has 0 bridgehead atoms. The van der Waals surface area contributed by atoms with Gasteiger partial charge in [0.15, 0.2) is 17.4 Å². The molecular formula is C16H19F2NO3. The van der Waals surface area contributed by atoms with Crippen LogP contribution in [0.5, 0.6) is 0 Å². The van der Waals surface area contributed by atoms with Crippen molar-refractivity contribution in [2.75, 3.05) is 6.54 Å². The summed E-state index contributed by atoms with van der Waals surface area (Å²) in [6.45, 7) is 5.03. The van der Waals surface area contributed by atoms with E-state index in [-0.39, 0.29) is 18.2 Å². The molecule has 120 valence electrons. The molecule has 0 atom stereocenters. The van der Waals surface area contributed by atoms with Crippen LogP contribution in [0.2, 0.25) is 0 Å². The summed E-state index contributed by atoms with van der Waals surface area (Å²) in [7, 11) is 0. The molecule has 0 saturated heterocycles. The maximum absolute atomic E-state index is 13.2. The molecule has 2 rings (SSSR count). The summed E-state index contributed by atoms with van der Waals surface area (Å²) in [5.41, 5.74) is -0.622. The quantitative estimate of drug-likeness (QED) is 0.799. The van der Waals surface area contributed by atoms with Gasteiger partial charge in [0.1, 0.15) is 5.60 Å². The summed E-state index contributed by atoms with van der Waals surface area (Å²) in [6, 6.07) is 2.93. The number of benzene rings is 1. The molecular weight excluding hydrogens is 292 g/mol. The third kappa shape index (κ3) is 4.26. The van der Waals surface area contributed by atoms with Gasteiger partial charge in [-0.25, -0.2) is 13.6 Å². The Labute approximate surface area is 128 Å². The lowest BCUT2D eigenvalue weighted by Gasteiger charge is -2.27. The first-order valence-corrected chi connectivity index (χ1v) is 7.15. The smallest absolute Gasteiger partial charge is 0.410 e. The van der Waals surface area contributed by atoms with Gasteiger partial charge in [0.25, 0.3) is 0 Å². The molecule has 22 heavy (non-hydrogen) atoms. The molecule has 0 aromatic heterocycles. The molecule has 0 spiro atoms. The number of hydrogen-bond acceptors (Lipinski definition) is 3. The summed E-state index contributed by atoms with van der Waals surface area (Å²) in [6.07, 6.45) is 1.06. The minimum absolute atomic E-state index is 0.0240. The van der Waals surface area contributed by atoms with Crippen LogP contribution in [0.3, 0.4) is 0 Å². The van der Waals surface area contributed by atoms with Crippen molar-refractivity contribution < 1.29 is 23.1 Å². The van der Waals surface area contributed by atoms with Crippen molar-refractivity contribution in [1.29, 1.82) is 0 Å². The van der Waals surface area contributed by atoms with E-state index in [4.69, 9.17) is 4.74 Å². The normalized spacial score (nSPS) is 14.6. The van der Waals surface area contributed by atoms with Gasteiger partial charge in [0.2, 0.25) is 0 Å². The second-order valence-electron chi connectivity index (χ2n) is 6.39. The molecule has 0 heterocycles. The molecule has 1 fully saturated rings. The van der Waals surface area contributed by atoms with E-state index in [9.17, 15) is 18.4 Å². The molecule has 6 heteroatoms. The van der Waals surface area contributed by atoms with E-state index in [1.807, 2.05) is 0 Å². The zero-order valence-electron chi connectivity index (χ0n) is 12.9. The average Bonchev–Trinajstić information content (AvgIpc) is 3.21. The van der Waals surface area contributed by atoms with Crippen molar-refractivity contribution in [2.45, 2.75) is 45.3 Å². The maximum Gasteiger partial charge on any atom is 0.410 e. The minimum atomic E-state index is -1.08. The van der Waals surface area contributed by atoms with Crippen LogP contribution in [0.4, 0.5) is 13.6 Å². The van der Waals surface area contributed by atoms with Crippen molar-refractivity contribution in [1.82, 2.24) is 4.90 Å². The van der Waals surface area contributed by atoms with Gasteiger partial charge in [-0.15, -0.1) is 0 Å². The second kappa shape index (κ2) is 6.02. The first-order valence-electron chi connectivity index (χ1n) is 7.15. The molecule has 0 N–H and O–H groups in total. The Morgan fingerprint density at radius 1 is 1.23 bits per heavy atom. The van der Waals surface area contributed by atoms with E-state index in [0.29, 0.717) is 0 Å². The zero-order valence-corrected chi connectivity index (χ0v) is 12.9. The van der Waals surface area contributed by atoms with Crippen molar-refractivity contribution in [3.8, 4) is 0 Å². The predicted octanol–water partition coefficient (Wildman–Crippen LogP) is 3.55. The van der Waals surface area contributed by atoms with Crippen molar-refractivity contribution in [3.05, 3.63) is 35.4 Å². The fourth-order valence-electron chi connectivity index (χ4n) is 1.97. The van der Waals surface area contributed by atoms with Crippen LogP contribution >= 0.6 is 0 Å². The number of hydrogen-bond donors (Lipinski definition) is 0. The number of rotatable bonds is 4. The third-order valence-electron chi connectivity index (χ3n) is 3.17. The molecule has 0 unspecified atom stereocenters. The van der Waals surface area contributed by atoms with Crippen LogP contribution < -0.4 is 0 Å². The van der Waals surface area contributed by atoms with Crippen molar-refractivity contribution in [2.24, 2.45) is 0 Å². The number of amides is 1. The highest BCUT2D eigenvalue weighted by Gasteiger charge is 2.36. The van der Waals surface area contributed by atoms with Crippen molar-refractivity contribution >= 4 is 11.9 Å². The minimum Gasteiger partial charge on any atom is -0.444 e. The van der Waals surface area contributed by atoms with Gasteiger partial charge in [-0.2, -0.15) is 0 Å². The lowest BCUT2D eigenvalue weighted by molar-refractivity contribution is 0.0232.